The van der Waals surface area contributed by atoms with Gasteiger partial charge in [0.15, 0.2) is 6.10 Å². The molecule has 2 aliphatic rings. The minimum absolute atomic E-state index is 0.111. The van der Waals surface area contributed by atoms with Gasteiger partial charge in [-0.15, -0.1) is 0 Å². The second kappa shape index (κ2) is 8.67. The Bertz CT molecular complexity index is 800. The molecule has 1 N–H and O–H groups in total. The van der Waals surface area contributed by atoms with E-state index in [0.29, 0.717) is 12.8 Å². The number of amides is 3. The number of likely N-dealkylation sites (tertiary alicyclic amines) is 1. The number of para-hydroxylation sites is 1. The Kier molecular flexibility index (Phi) is 6.24. The lowest BCUT2D eigenvalue weighted by molar-refractivity contribution is -0.154. The molecule has 0 radical (unpaired) electrons. The summed E-state index contributed by atoms with van der Waals surface area (Å²) < 4.78 is 32.2. The van der Waals surface area contributed by atoms with Crippen LogP contribution in [-0.4, -0.2) is 41.2 Å². The molecule has 9 heteroatoms. The van der Waals surface area contributed by atoms with Gasteiger partial charge in [0.2, 0.25) is 11.8 Å². The zero-order chi connectivity index (χ0) is 21.1. The van der Waals surface area contributed by atoms with Crippen LogP contribution in [0.5, 0.6) is 0 Å². The van der Waals surface area contributed by atoms with Crippen molar-refractivity contribution >= 4 is 29.4 Å². The number of rotatable bonds is 6. The number of hydrogen-bond acceptors (Lipinski definition) is 5. The van der Waals surface area contributed by atoms with Crippen LogP contribution in [0, 0.1) is 23.5 Å². The van der Waals surface area contributed by atoms with E-state index >= 15 is 0 Å². The van der Waals surface area contributed by atoms with Crippen molar-refractivity contribution in [2.45, 2.75) is 45.1 Å². The number of benzene rings is 1. The first-order valence-corrected chi connectivity index (χ1v) is 9.59. The highest BCUT2D eigenvalue weighted by molar-refractivity contribution is 6.05. The fraction of sp³-hybridized carbons (Fsp3) is 0.500. The second-order valence-electron chi connectivity index (χ2n) is 7.29. The summed E-state index contributed by atoms with van der Waals surface area (Å²) in [7, 11) is 0. The molecular formula is C20H22F2N2O5. The molecule has 1 aliphatic carbocycles. The smallest absolute Gasteiger partial charge is 0.308 e. The maximum absolute atomic E-state index is 13.6. The molecule has 0 spiro atoms. The van der Waals surface area contributed by atoms with Crippen molar-refractivity contribution in [1.29, 1.82) is 0 Å². The van der Waals surface area contributed by atoms with Crippen LogP contribution in [0.15, 0.2) is 18.2 Å². The highest BCUT2D eigenvalue weighted by Gasteiger charge is 2.47. The number of halogens is 2. The quantitative estimate of drug-likeness (QED) is 0.576. The number of ether oxygens (including phenoxy) is 1. The van der Waals surface area contributed by atoms with Crippen LogP contribution in [0.2, 0.25) is 0 Å². The van der Waals surface area contributed by atoms with E-state index in [1.54, 1.807) is 0 Å². The molecule has 3 amide bonds. The largest absolute Gasteiger partial charge is 0.452 e. The number of fused-ring (bicyclic) bond motifs is 1. The SMILES string of the molecule is C[C@H](OC(=O)CCN1C(=O)[C@H]2CCCC[C@H]2C1=O)C(=O)Nc1c(F)cccc1F. The summed E-state index contributed by atoms with van der Waals surface area (Å²) >= 11 is 0. The van der Waals surface area contributed by atoms with E-state index in [4.69, 9.17) is 4.74 Å². The van der Waals surface area contributed by atoms with Gasteiger partial charge in [-0.1, -0.05) is 18.9 Å². The number of nitrogens with one attached hydrogen (secondary N) is 1. The van der Waals surface area contributed by atoms with Gasteiger partial charge in [-0.2, -0.15) is 0 Å². The molecule has 1 aliphatic heterocycles. The molecule has 156 valence electrons. The van der Waals surface area contributed by atoms with Crippen LogP contribution >= 0.6 is 0 Å². The Hall–Kier alpha value is -2.84. The van der Waals surface area contributed by atoms with Crippen LogP contribution in [0.3, 0.4) is 0 Å². The van der Waals surface area contributed by atoms with E-state index in [1.165, 1.54) is 6.92 Å². The molecule has 29 heavy (non-hydrogen) atoms. The van der Waals surface area contributed by atoms with E-state index in [-0.39, 0.29) is 36.6 Å². The zero-order valence-corrected chi connectivity index (χ0v) is 16.0. The number of hydrogen-bond donors (Lipinski definition) is 1. The van der Waals surface area contributed by atoms with Crippen LogP contribution in [0.25, 0.3) is 0 Å². The molecule has 0 bridgehead atoms. The maximum atomic E-state index is 13.6. The summed E-state index contributed by atoms with van der Waals surface area (Å²) in [5.74, 6) is -4.71. The van der Waals surface area contributed by atoms with E-state index in [0.717, 1.165) is 35.9 Å². The summed E-state index contributed by atoms with van der Waals surface area (Å²) in [6, 6.07) is 3.12. The number of nitrogens with zero attached hydrogens (tertiary/aromatic N) is 1. The molecule has 3 rings (SSSR count). The number of carbonyl (C=O) groups excluding carboxylic acids is 4. The van der Waals surface area contributed by atoms with Crippen molar-refractivity contribution < 1.29 is 32.7 Å². The first kappa shape index (κ1) is 20.9. The van der Waals surface area contributed by atoms with E-state index in [9.17, 15) is 28.0 Å². The summed E-state index contributed by atoms with van der Waals surface area (Å²) in [5, 5.41) is 2.04. The van der Waals surface area contributed by atoms with Gasteiger partial charge in [-0.3, -0.25) is 24.1 Å². The predicted molar refractivity (Wildman–Crippen MR) is 97.3 cm³/mol. The van der Waals surface area contributed by atoms with Crippen LogP contribution in [0.4, 0.5) is 14.5 Å². The van der Waals surface area contributed by atoms with Crippen LogP contribution in [0.1, 0.15) is 39.0 Å². The summed E-state index contributed by atoms with van der Waals surface area (Å²) in [6.45, 7) is 1.15. The topological polar surface area (TPSA) is 92.8 Å². The Morgan fingerprint density at radius 3 is 2.24 bits per heavy atom. The highest BCUT2D eigenvalue weighted by atomic mass is 19.1. The molecule has 2 fully saturated rings. The average Bonchev–Trinajstić information content (AvgIpc) is 2.93. The fourth-order valence-corrected chi connectivity index (χ4v) is 3.81. The lowest BCUT2D eigenvalue weighted by Crippen LogP contribution is -2.35. The van der Waals surface area contributed by atoms with E-state index in [1.807, 2.05) is 5.32 Å². The third-order valence-electron chi connectivity index (χ3n) is 5.36. The van der Waals surface area contributed by atoms with Gasteiger partial charge in [0.1, 0.15) is 17.3 Å². The van der Waals surface area contributed by atoms with E-state index in [2.05, 4.69) is 0 Å². The Labute approximate surface area is 166 Å². The molecule has 1 saturated heterocycles. The lowest BCUT2D eigenvalue weighted by Gasteiger charge is -2.19. The minimum atomic E-state index is -1.31. The fourth-order valence-electron chi connectivity index (χ4n) is 3.81. The first-order chi connectivity index (χ1) is 13.8. The molecule has 0 unspecified atom stereocenters. The highest BCUT2D eigenvalue weighted by Crippen LogP contribution is 2.38. The molecule has 1 aromatic carbocycles. The Balaban J connectivity index is 1.51. The van der Waals surface area contributed by atoms with Crippen molar-refractivity contribution in [3.63, 3.8) is 0 Å². The van der Waals surface area contributed by atoms with Crippen molar-refractivity contribution in [2.24, 2.45) is 11.8 Å². The molecule has 3 atom stereocenters. The lowest BCUT2D eigenvalue weighted by atomic mass is 9.81. The van der Waals surface area contributed by atoms with Crippen LogP contribution in [-0.2, 0) is 23.9 Å². The molecule has 7 nitrogen and oxygen atoms in total. The van der Waals surface area contributed by atoms with Crippen molar-refractivity contribution in [3.8, 4) is 0 Å². The van der Waals surface area contributed by atoms with Gasteiger partial charge in [0, 0.05) is 6.54 Å². The Morgan fingerprint density at radius 2 is 1.69 bits per heavy atom. The van der Waals surface area contributed by atoms with Gasteiger partial charge in [-0.05, 0) is 31.9 Å². The first-order valence-electron chi connectivity index (χ1n) is 9.59. The van der Waals surface area contributed by atoms with Gasteiger partial charge in [0.25, 0.3) is 5.91 Å². The van der Waals surface area contributed by atoms with Gasteiger partial charge in [0.05, 0.1) is 18.3 Å². The van der Waals surface area contributed by atoms with Gasteiger partial charge in [-0.25, -0.2) is 8.78 Å². The standard InChI is InChI=1S/C20H22F2N2O5/c1-11(18(26)23-17-14(21)7-4-8-15(17)22)29-16(25)9-10-24-19(27)12-5-2-3-6-13(12)20(24)28/h4,7-8,11-13H,2-3,5-6,9-10H2,1H3,(H,23,26)/t11-,12-,13+/m0/s1. The second-order valence-corrected chi connectivity index (χ2v) is 7.29. The summed E-state index contributed by atoms with van der Waals surface area (Å²) in [4.78, 5) is 49.9. The maximum Gasteiger partial charge on any atom is 0.308 e. The normalized spacial score (nSPS) is 22.2. The predicted octanol–water partition coefficient (Wildman–Crippen LogP) is 2.40. The number of carbonyl (C=O) groups is 4. The number of anilines is 1. The van der Waals surface area contributed by atoms with Crippen molar-refractivity contribution in [2.75, 3.05) is 11.9 Å². The molecular weight excluding hydrogens is 386 g/mol. The minimum Gasteiger partial charge on any atom is -0.452 e. The molecule has 1 saturated carbocycles. The molecule has 0 aromatic heterocycles. The Morgan fingerprint density at radius 1 is 1.14 bits per heavy atom. The monoisotopic (exact) mass is 408 g/mol. The average molecular weight is 408 g/mol. The molecule has 1 aromatic rings. The third-order valence-corrected chi connectivity index (χ3v) is 5.36. The van der Waals surface area contributed by atoms with Gasteiger partial charge >= 0.3 is 5.97 Å². The van der Waals surface area contributed by atoms with E-state index < -0.39 is 35.3 Å². The summed E-state index contributed by atoms with van der Waals surface area (Å²) in [6.07, 6.45) is 1.60. The third kappa shape index (κ3) is 4.44. The van der Waals surface area contributed by atoms with Crippen molar-refractivity contribution in [1.82, 2.24) is 4.90 Å². The summed E-state index contributed by atoms with van der Waals surface area (Å²) in [5.41, 5.74) is -0.628. The van der Waals surface area contributed by atoms with Crippen molar-refractivity contribution in [3.05, 3.63) is 29.8 Å². The zero-order valence-electron chi connectivity index (χ0n) is 16.0. The number of esters is 1. The van der Waals surface area contributed by atoms with Gasteiger partial charge < -0.3 is 10.1 Å². The number of imide groups is 1. The van der Waals surface area contributed by atoms with Crippen LogP contribution < -0.4 is 5.32 Å². The molecule has 1 heterocycles.